The van der Waals surface area contributed by atoms with Crippen molar-refractivity contribution in [3.8, 4) is 0 Å². The van der Waals surface area contributed by atoms with Gasteiger partial charge in [0.2, 0.25) is 0 Å². The third kappa shape index (κ3) is 3.94. The van der Waals surface area contributed by atoms with E-state index in [0.717, 1.165) is 12.1 Å². The van der Waals surface area contributed by atoms with Crippen molar-refractivity contribution in [3.63, 3.8) is 0 Å². The zero-order valence-electron chi connectivity index (χ0n) is 10.8. The normalized spacial score (nSPS) is 21.2. The van der Waals surface area contributed by atoms with Gasteiger partial charge in [-0.05, 0) is 50.2 Å². The number of halogens is 2. The van der Waals surface area contributed by atoms with Crippen LogP contribution in [-0.2, 0) is 6.54 Å². The molecule has 2 nitrogen and oxygen atoms in total. The van der Waals surface area contributed by atoms with Crippen LogP contribution in [0.5, 0.6) is 0 Å². The summed E-state index contributed by atoms with van der Waals surface area (Å²) < 4.78 is 13.2. The van der Waals surface area contributed by atoms with E-state index in [-0.39, 0.29) is 5.82 Å². The highest BCUT2D eigenvalue weighted by atomic mass is 35.5. The van der Waals surface area contributed by atoms with Gasteiger partial charge in [0.25, 0.3) is 0 Å². The number of benzene rings is 1. The zero-order chi connectivity index (χ0) is 13.0. The topological polar surface area (TPSA) is 15.3 Å². The van der Waals surface area contributed by atoms with Gasteiger partial charge in [-0.3, -0.25) is 0 Å². The van der Waals surface area contributed by atoms with Gasteiger partial charge in [-0.1, -0.05) is 18.0 Å². The van der Waals surface area contributed by atoms with Gasteiger partial charge in [0, 0.05) is 24.2 Å². The molecule has 0 radical (unpaired) electrons. The van der Waals surface area contributed by atoms with Crippen LogP contribution in [0, 0.1) is 5.82 Å². The maximum atomic E-state index is 13.2. The Morgan fingerprint density at radius 3 is 2.94 bits per heavy atom. The Bertz CT molecular complexity index is 377. The minimum absolute atomic E-state index is 0.269. The largest absolute Gasteiger partial charge is 0.311 e. The summed E-state index contributed by atoms with van der Waals surface area (Å²) in [6.07, 6.45) is 3.85. The van der Waals surface area contributed by atoms with Gasteiger partial charge >= 0.3 is 0 Å². The Balaban J connectivity index is 1.80. The molecule has 1 aromatic carbocycles. The number of likely N-dealkylation sites (tertiary alicyclic amines) is 1. The molecule has 0 aliphatic carbocycles. The first-order valence-electron chi connectivity index (χ1n) is 6.51. The molecule has 1 aliphatic rings. The van der Waals surface area contributed by atoms with Crippen molar-refractivity contribution >= 4 is 11.6 Å². The summed E-state index contributed by atoms with van der Waals surface area (Å²) in [6, 6.07) is 5.27. The van der Waals surface area contributed by atoms with E-state index in [0.29, 0.717) is 17.6 Å². The minimum atomic E-state index is -0.269. The van der Waals surface area contributed by atoms with Gasteiger partial charge < -0.3 is 10.2 Å². The lowest BCUT2D eigenvalue weighted by molar-refractivity contribution is 0.181. The third-order valence-electron chi connectivity index (χ3n) is 3.55. The molecule has 0 amide bonds. The summed E-state index contributed by atoms with van der Waals surface area (Å²) in [6.45, 7) is 2.80. The van der Waals surface area contributed by atoms with Crippen molar-refractivity contribution in [2.75, 3.05) is 20.1 Å². The summed E-state index contributed by atoms with van der Waals surface area (Å²) in [5.74, 6) is -0.269. The lowest BCUT2D eigenvalue weighted by atomic mass is 10.0. The SMILES string of the molecule is CN1CCCCC1CNCc1cc(F)cc(Cl)c1. The quantitative estimate of drug-likeness (QED) is 0.905. The van der Waals surface area contributed by atoms with Crippen LogP contribution in [0.25, 0.3) is 0 Å². The Kier molecular flexibility index (Phi) is 4.98. The highest BCUT2D eigenvalue weighted by molar-refractivity contribution is 6.30. The second kappa shape index (κ2) is 6.50. The number of nitrogens with one attached hydrogen (secondary N) is 1. The molecule has 0 saturated carbocycles. The highest BCUT2D eigenvalue weighted by Gasteiger charge is 2.17. The fourth-order valence-corrected chi connectivity index (χ4v) is 2.74. The fourth-order valence-electron chi connectivity index (χ4n) is 2.50. The number of likely N-dealkylation sites (N-methyl/N-ethyl adjacent to an activating group) is 1. The second-order valence-electron chi connectivity index (χ2n) is 5.04. The monoisotopic (exact) mass is 270 g/mol. The van der Waals surface area contributed by atoms with Gasteiger partial charge in [0.15, 0.2) is 0 Å². The molecule has 100 valence electrons. The molecule has 2 rings (SSSR count). The van der Waals surface area contributed by atoms with Crippen LogP contribution in [0.2, 0.25) is 5.02 Å². The van der Waals surface area contributed by atoms with Gasteiger partial charge in [-0.25, -0.2) is 4.39 Å². The predicted molar refractivity (Wildman–Crippen MR) is 73.4 cm³/mol. The smallest absolute Gasteiger partial charge is 0.125 e. The average Bonchev–Trinajstić information content (AvgIpc) is 2.30. The van der Waals surface area contributed by atoms with Crippen LogP contribution in [0.4, 0.5) is 4.39 Å². The first kappa shape index (κ1) is 13.8. The van der Waals surface area contributed by atoms with Crippen LogP contribution >= 0.6 is 11.6 Å². The number of nitrogens with zero attached hydrogens (tertiary/aromatic N) is 1. The summed E-state index contributed by atoms with van der Waals surface area (Å²) >= 11 is 5.82. The van der Waals surface area contributed by atoms with E-state index in [2.05, 4.69) is 17.3 Å². The molecule has 1 atom stereocenters. The van der Waals surface area contributed by atoms with Crippen molar-refractivity contribution < 1.29 is 4.39 Å². The molecule has 1 aromatic rings. The maximum Gasteiger partial charge on any atom is 0.125 e. The summed E-state index contributed by atoms with van der Waals surface area (Å²) in [5.41, 5.74) is 0.901. The Labute approximate surface area is 113 Å². The fraction of sp³-hybridized carbons (Fsp3) is 0.571. The molecule has 1 unspecified atom stereocenters. The van der Waals surface area contributed by atoms with Crippen molar-refractivity contribution in [1.82, 2.24) is 10.2 Å². The van der Waals surface area contributed by atoms with E-state index >= 15 is 0 Å². The van der Waals surface area contributed by atoms with Crippen LogP contribution in [0.3, 0.4) is 0 Å². The molecule has 0 bridgehead atoms. The standard InChI is InChI=1S/C14H20ClFN2/c1-18-5-3-2-4-14(18)10-17-9-11-6-12(15)8-13(16)7-11/h6-8,14,17H,2-5,9-10H2,1H3. The van der Waals surface area contributed by atoms with Crippen LogP contribution < -0.4 is 5.32 Å². The van der Waals surface area contributed by atoms with E-state index in [9.17, 15) is 4.39 Å². The van der Waals surface area contributed by atoms with Crippen LogP contribution in [0.1, 0.15) is 24.8 Å². The third-order valence-corrected chi connectivity index (χ3v) is 3.77. The molecular weight excluding hydrogens is 251 g/mol. The number of hydrogen-bond acceptors (Lipinski definition) is 2. The molecular formula is C14H20ClFN2. The number of hydrogen-bond donors (Lipinski definition) is 1. The van der Waals surface area contributed by atoms with E-state index < -0.39 is 0 Å². The van der Waals surface area contributed by atoms with Crippen molar-refractivity contribution in [1.29, 1.82) is 0 Å². The van der Waals surface area contributed by atoms with Gasteiger partial charge in [-0.2, -0.15) is 0 Å². The molecule has 1 fully saturated rings. The van der Waals surface area contributed by atoms with E-state index in [1.165, 1.54) is 37.9 Å². The van der Waals surface area contributed by atoms with E-state index in [4.69, 9.17) is 11.6 Å². The van der Waals surface area contributed by atoms with Crippen molar-refractivity contribution in [3.05, 3.63) is 34.6 Å². The van der Waals surface area contributed by atoms with Gasteiger partial charge in [0.05, 0.1) is 0 Å². The summed E-state index contributed by atoms with van der Waals surface area (Å²) in [7, 11) is 2.17. The van der Waals surface area contributed by atoms with E-state index in [1.807, 2.05) is 6.07 Å². The molecule has 18 heavy (non-hydrogen) atoms. The molecule has 1 heterocycles. The molecule has 0 spiro atoms. The van der Waals surface area contributed by atoms with Crippen LogP contribution in [0.15, 0.2) is 18.2 Å². The lowest BCUT2D eigenvalue weighted by Crippen LogP contribution is -2.42. The summed E-state index contributed by atoms with van der Waals surface area (Å²) in [5, 5.41) is 3.85. The Morgan fingerprint density at radius 1 is 1.39 bits per heavy atom. The first-order chi connectivity index (χ1) is 8.65. The zero-order valence-corrected chi connectivity index (χ0v) is 11.5. The molecule has 1 N–H and O–H groups in total. The van der Waals surface area contributed by atoms with E-state index in [1.54, 1.807) is 0 Å². The van der Waals surface area contributed by atoms with Crippen LogP contribution in [-0.4, -0.2) is 31.1 Å². The maximum absolute atomic E-state index is 13.2. The lowest BCUT2D eigenvalue weighted by Gasteiger charge is -2.32. The Morgan fingerprint density at radius 2 is 2.22 bits per heavy atom. The van der Waals surface area contributed by atoms with Crippen molar-refractivity contribution in [2.45, 2.75) is 31.8 Å². The van der Waals surface area contributed by atoms with Gasteiger partial charge in [0.1, 0.15) is 5.82 Å². The molecule has 1 saturated heterocycles. The van der Waals surface area contributed by atoms with Gasteiger partial charge in [-0.15, -0.1) is 0 Å². The minimum Gasteiger partial charge on any atom is -0.311 e. The van der Waals surface area contributed by atoms with Crippen molar-refractivity contribution in [2.24, 2.45) is 0 Å². The molecule has 4 heteroatoms. The first-order valence-corrected chi connectivity index (χ1v) is 6.89. The summed E-state index contributed by atoms with van der Waals surface area (Å²) in [4.78, 5) is 2.40. The molecule has 1 aliphatic heterocycles. The average molecular weight is 271 g/mol. The number of rotatable bonds is 4. The predicted octanol–water partition coefficient (Wildman–Crippen LogP) is 3.05. The Hall–Kier alpha value is -0.640. The highest BCUT2D eigenvalue weighted by Crippen LogP contribution is 2.16. The second-order valence-corrected chi connectivity index (χ2v) is 5.48. The molecule has 0 aromatic heterocycles. The number of piperidine rings is 1.